The normalized spacial score (nSPS) is 10.6. The van der Waals surface area contributed by atoms with Gasteiger partial charge in [0.15, 0.2) is 0 Å². The molecule has 0 fully saturated rings. The molecule has 0 aliphatic heterocycles. The zero-order chi connectivity index (χ0) is 9.26. The molecule has 2 N–H and O–H groups in total. The molecule has 1 aromatic heterocycles. The Morgan fingerprint density at radius 2 is 2.15 bits per heavy atom. The van der Waals surface area contributed by atoms with Gasteiger partial charge in [-0.05, 0) is 30.2 Å². The highest BCUT2D eigenvalue weighted by Crippen LogP contribution is 2.16. The molecule has 1 heterocycles. The molecule has 0 spiro atoms. The Hall–Kier alpha value is -1.41. The lowest BCUT2D eigenvalue weighted by Gasteiger charge is -2.02. The van der Waals surface area contributed by atoms with E-state index >= 15 is 0 Å². The van der Waals surface area contributed by atoms with Crippen LogP contribution in [-0.4, -0.2) is 4.98 Å². The van der Waals surface area contributed by atoms with Gasteiger partial charge in [-0.3, -0.25) is 4.98 Å². The van der Waals surface area contributed by atoms with Gasteiger partial charge < -0.3 is 5.73 Å². The molecule has 2 rings (SSSR count). The number of benzene rings is 1. The smallest absolute Gasteiger partial charge is 0.0707 e. The summed E-state index contributed by atoms with van der Waals surface area (Å²) in [6, 6.07) is 8.20. The number of aromatic nitrogens is 1. The van der Waals surface area contributed by atoms with Crippen molar-refractivity contribution in [3.8, 4) is 0 Å². The first-order valence-electron chi connectivity index (χ1n) is 4.35. The highest BCUT2D eigenvalue weighted by molar-refractivity contribution is 5.82. The summed E-state index contributed by atoms with van der Waals surface area (Å²) in [4.78, 5) is 4.30. The Kier molecular flexibility index (Phi) is 1.99. The highest BCUT2D eigenvalue weighted by Gasteiger charge is 1.98. The van der Waals surface area contributed by atoms with Gasteiger partial charge in [-0.1, -0.05) is 12.1 Å². The molecule has 0 saturated carbocycles. The lowest BCUT2D eigenvalue weighted by atomic mass is 10.1. The maximum absolute atomic E-state index is 5.55. The minimum atomic E-state index is 0.575. The summed E-state index contributed by atoms with van der Waals surface area (Å²) in [6.07, 6.45) is 1.83. The predicted molar refractivity (Wildman–Crippen MR) is 54.4 cm³/mol. The minimum absolute atomic E-state index is 0.575. The third kappa shape index (κ3) is 1.40. The number of nitrogens with two attached hydrogens (primary N) is 1. The number of rotatable bonds is 1. The zero-order valence-corrected chi connectivity index (χ0v) is 7.62. The predicted octanol–water partition coefficient (Wildman–Crippen LogP) is 2.00. The summed E-state index contributed by atoms with van der Waals surface area (Å²) >= 11 is 0. The van der Waals surface area contributed by atoms with Crippen LogP contribution >= 0.6 is 0 Å². The first kappa shape index (κ1) is 8.20. The average Bonchev–Trinajstić information content (AvgIpc) is 2.18. The molecule has 2 nitrogen and oxygen atoms in total. The van der Waals surface area contributed by atoms with Crippen LogP contribution in [-0.2, 0) is 6.54 Å². The maximum atomic E-state index is 5.55. The van der Waals surface area contributed by atoms with Crippen molar-refractivity contribution in [3.63, 3.8) is 0 Å². The number of nitrogens with zero attached hydrogens (tertiary/aromatic N) is 1. The summed E-state index contributed by atoms with van der Waals surface area (Å²) in [6.45, 7) is 2.66. The molecule has 0 radical (unpaired) electrons. The number of hydrogen-bond donors (Lipinski definition) is 1. The molecule has 0 amide bonds. The van der Waals surface area contributed by atoms with Gasteiger partial charge in [0.25, 0.3) is 0 Å². The molecule has 2 aromatic rings. The standard InChI is InChI=1S/C11H12N2/c1-8-4-5-13-11-6-9(7-12)2-3-10(8)11/h2-6H,7,12H2,1H3. The molecule has 0 unspecified atom stereocenters. The van der Waals surface area contributed by atoms with E-state index in [0.29, 0.717) is 6.54 Å². The fraction of sp³-hybridized carbons (Fsp3) is 0.182. The summed E-state index contributed by atoms with van der Waals surface area (Å²) in [7, 11) is 0. The van der Waals surface area contributed by atoms with Gasteiger partial charge in [-0.25, -0.2) is 0 Å². The van der Waals surface area contributed by atoms with Crippen LogP contribution in [0.25, 0.3) is 10.9 Å². The van der Waals surface area contributed by atoms with Crippen LogP contribution in [0.3, 0.4) is 0 Å². The highest BCUT2D eigenvalue weighted by atomic mass is 14.6. The van der Waals surface area contributed by atoms with Crippen LogP contribution in [0.4, 0.5) is 0 Å². The van der Waals surface area contributed by atoms with E-state index in [4.69, 9.17) is 5.73 Å². The first-order chi connectivity index (χ1) is 6.31. The molecule has 2 heteroatoms. The Morgan fingerprint density at radius 3 is 2.92 bits per heavy atom. The molecular weight excluding hydrogens is 160 g/mol. The molecule has 0 aliphatic rings. The van der Waals surface area contributed by atoms with Gasteiger partial charge in [0, 0.05) is 18.1 Å². The summed E-state index contributed by atoms with van der Waals surface area (Å²) < 4.78 is 0. The van der Waals surface area contributed by atoms with Gasteiger partial charge in [0.1, 0.15) is 0 Å². The van der Waals surface area contributed by atoms with Crippen molar-refractivity contribution in [2.75, 3.05) is 0 Å². The van der Waals surface area contributed by atoms with Crippen LogP contribution in [0.15, 0.2) is 30.5 Å². The summed E-state index contributed by atoms with van der Waals surface area (Å²) in [5, 5.41) is 1.21. The largest absolute Gasteiger partial charge is 0.326 e. The van der Waals surface area contributed by atoms with E-state index in [1.165, 1.54) is 10.9 Å². The Labute approximate surface area is 77.4 Å². The topological polar surface area (TPSA) is 38.9 Å². The Morgan fingerprint density at radius 1 is 1.31 bits per heavy atom. The van der Waals surface area contributed by atoms with Gasteiger partial charge in [0.05, 0.1) is 5.52 Å². The summed E-state index contributed by atoms with van der Waals surface area (Å²) in [5.41, 5.74) is 8.97. The van der Waals surface area contributed by atoms with E-state index in [-0.39, 0.29) is 0 Å². The molecule has 13 heavy (non-hydrogen) atoms. The first-order valence-corrected chi connectivity index (χ1v) is 4.35. The molecule has 0 atom stereocenters. The molecule has 0 aliphatic carbocycles. The van der Waals surface area contributed by atoms with Crippen molar-refractivity contribution < 1.29 is 0 Å². The van der Waals surface area contributed by atoms with E-state index < -0.39 is 0 Å². The van der Waals surface area contributed by atoms with Crippen LogP contribution < -0.4 is 5.73 Å². The molecule has 0 bridgehead atoms. The van der Waals surface area contributed by atoms with Gasteiger partial charge in [0.2, 0.25) is 0 Å². The van der Waals surface area contributed by atoms with Crippen molar-refractivity contribution >= 4 is 10.9 Å². The van der Waals surface area contributed by atoms with E-state index in [9.17, 15) is 0 Å². The SMILES string of the molecule is Cc1ccnc2cc(CN)ccc12. The van der Waals surface area contributed by atoms with Crippen molar-refractivity contribution in [2.45, 2.75) is 13.5 Å². The van der Waals surface area contributed by atoms with Crippen LogP contribution in [0, 0.1) is 6.92 Å². The number of hydrogen-bond acceptors (Lipinski definition) is 2. The fourth-order valence-corrected chi connectivity index (χ4v) is 1.46. The summed E-state index contributed by atoms with van der Waals surface area (Å²) in [5.74, 6) is 0. The molecule has 0 saturated heterocycles. The van der Waals surface area contributed by atoms with Gasteiger partial charge >= 0.3 is 0 Å². The second-order valence-corrected chi connectivity index (χ2v) is 3.18. The molecule has 66 valence electrons. The third-order valence-electron chi connectivity index (χ3n) is 2.26. The average molecular weight is 172 g/mol. The second-order valence-electron chi connectivity index (χ2n) is 3.18. The monoisotopic (exact) mass is 172 g/mol. The van der Waals surface area contributed by atoms with E-state index in [0.717, 1.165) is 11.1 Å². The number of aryl methyl sites for hydroxylation is 1. The fourth-order valence-electron chi connectivity index (χ4n) is 1.46. The quantitative estimate of drug-likeness (QED) is 0.714. The zero-order valence-electron chi connectivity index (χ0n) is 7.62. The maximum Gasteiger partial charge on any atom is 0.0707 e. The lowest BCUT2D eigenvalue weighted by molar-refractivity contribution is 1.07. The van der Waals surface area contributed by atoms with E-state index in [1.807, 2.05) is 18.3 Å². The van der Waals surface area contributed by atoms with Crippen LogP contribution in [0.5, 0.6) is 0 Å². The van der Waals surface area contributed by atoms with Crippen LogP contribution in [0.2, 0.25) is 0 Å². The Bertz CT molecular complexity index is 435. The van der Waals surface area contributed by atoms with Crippen molar-refractivity contribution in [1.29, 1.82) is 0 Å². The number of fused-ring (bicyclic) bond motifs is 1. The van der Waals surface area contributed by atoms with Crippen molar-refractivity contribution in [1.82, 2.24) is 4.98 Å². The van der Waals surface area contributed by atoms with E-state index in [1.54, 1.807) is 0 Å². The third-order valence-corrected chi connectivity index (χ3v) is 2.26. The van der Waals surface area contributed by atoms with Gasteiger partial charge in [-0.15, -0.1) is 0 Å². The second kappa shape index (κ2) is 3.15. The van der Waals surface area contributed by atoms with Crippen molar-refractivity contribution in [2.24, 2.45) is 5.73 Å². The Balaban J connectivity index is 2.72. The van der Waals surface area contributed by atoms with Crippen molar-refractivity contribution in [3.05, 3.63) is 41.6 Å². The number of pyridine rings is 1. The van der Waals surface area contributed by atoms with Gasteiger partial charge in [-0.2, -0.15) is 0 Å². The molecule has 1 aromatic carbocycles. The van der Waals surface area contributed by atoms with Crippen LogP contribution in [0.1, 0.15) is 11.1 Å². The minimum Gasteiger partial charge on any atom is -0.326 e. The van der Waals surface area contributed by atoms with E-state index in [2.05, 4.69) is 24.0 Å². The molecular formula is C11H12N2. The lowest BCUT2D eigenvalue weighted by Crippen LogP contribution is -1.96.